The second-order valence-corrected chi connectivity index (χ2v) is 9.53. The molecule has 0 aromatic heterocycles. The van der Waals surface area contributed by atoms with Crippen LogP contribution in [0.1, 0.15) is 81.6 Å². The first-order valence-corrected chi connectivity index (χ1v) is 12.3. The van der Waals surface area contributed by atoms with Gasteiger partial charge in [-0.15, -0.1) is 11.8 Å². The normalized spacial score (nSPS) is 18.5. The predicted molar refractivity (Wildman–Crippen MR) is 123 cm³/mol. The fourth-order valence-electron chi connectivity index (χ4n) is 3.75. The van der Waals surface area contributed by atoms with E-state index in [0.717, 1.165) is 44.9 Å². The average molecular weight is 436 g/mol. The van der Waals surface area contributed by atoms with Crippen LogP contribution in [0.4, 0.5) is 0 Å². The molecule has 0 radical (unpaired) electrons. The second kappa shape index (κ2) is 12.4. The number of unbranched alkanes of at least 4 members (excludes halogenated alkanes) is 2. The van der Waals surface area contributed by atoms with Gasteiger partial charge in [-0.3, -0.25) is 4.79 Å². The molecule has 2 rings (SSSR count). The zero-order valence-electron chi connectivity index (χ0n) is 18.7. The van der Waals surface area contributed by atoms with E-state index in [2.05, 4.69) is 6.92 Å². The number of aliphatic hydroxyl groups is 1. The number of hydrogen-bond acceptors (Lipinski definition) is 5. The zero-order chi connectivity index (χ0) is 22.0. The molecule has 1 aromatic carbocycles. The fraction of sp³-hybridized carbons (Fsp3) is 0.667. The largest absolute Gasteiger partial charge is 0.462 e. The Balaban J connectivity index is 1.78. The standard InChI is InChI=1S/C24H37NO4S/c1-4-6-7-15-24(3,28)16-17-25-21(26)18-30-22(25)10-8-9-19-11-13-20(14-12-19)23(27)29-5-2/h11-14,22,28H,4-10,15-18H2,1-3H3. The number of amides is 1. The van der Waals surface area contributed by atoms with Crippen molar-refractivity contribution in [2.75, 3.05) is 18.9 Å². The Kier molecular flexibility index (Phi) is 10.2. The number of nitrogens with zero attached hydrogens (tertiary/aromatic N) is 1. The number of carbonyl (C=O) groups is 2. The Hall–Kier alpha value is -1.53. The lowest BCUT2D eigenvalue weighted by Crippen LogP contribution is -2.38. The Morgan fingerprint density at radius 2 is 1.93 bits per heavy atom. The van der Waals surface area contributed by atoms with E-state index in [1.54, 1.807) is 18.7 Å². The highest BCUT2D eigenvalue weighted by atomic mass is 32.2. The van der Waals surface area contributed by atoms with Gasteiger partial charge in [0, 0.05) is 6.54 Å². The number of rotatable bonds is 13. The van der Waals surface area contributed by atoms with Gasteiger partial charge < -0.3 is 14.7 Å². The summed E-state index contributed by atoms with van der Waals surface area (Å²) in [6, 6.07) is 7.58. The number of carbonyl (C=O) groups excluding carboxylic acids is 2. The van der Waals surface area contributed by atoms with Crippen molar-refractivity contribution in [3.8, 4) is 0 Å². The molecule has 0 bridgehead atoms. The maximum Gasteiger partial charge on any atom is 0.338 e. The SMILES string of the molecule is CCCCCC(C)(O)CCN1C(=O)CSC1CCCc1ccc(C(=O)OCC)cc1. The molecule has 1 saturated heterocycles. The third-order valence-corrected chi connectivity index (χ3v) is 6.95. The smallest absolute Gasteiger partial charge is 0.338 e. The molecular formula is C24H37NO4S. The van der Waals surface area contributed by atoms with Crippen molar-refractivity contribution in [1.82, 2.24) is 4.90 Å². The molecule has 1 aliphatic rings. The molecule has 1 N–H and O–H groups in total. The minimum absolute atomic E-state index is 0.188. The van der Waals surface area contributed by atoms with E-state index in [-0.39, 0.29) is 17.3 Å². The van der Waals surface area contributed by atoms with Crippen LogP contribution in [0.3, 0.4) is 0 Å². The summed E-state index contributed by atoms with van der Waals surface area (Å²) in [5, 5.41) is 10.8. The van der Waals surface area contributed by atoms with E-state index in [0.29, 0.717) is 30.9 Å². The molecule has 6 heteroatoms. The van der Waals surface area contributed by atoms with Crippen LogP contribution in [0.25, 0.3) is 0 Å². The van der Waals surface area contributed by atoms with Gasteiger partial charge in [-0.1, -0.05) is 38.3 Å². The lowest BCUT2D eigenvalue weighted by atomic mass is 9.94. The van der Waals surface area contributed by atoms with Crippen LogP contribution in [-0.4, -0.2) is 51.8 Å². The summed E-state index contributed by atoms with van der Waals surface area (Å²) in [6.45, 7) is 6.86. The first-order valence-electron chi connectivity index (χ1n) is 11.3. The van der Waals surface area contributed by atoms with Crippen LogP contribution in [-0.2, 0) is 16.0 Å². The molecule has 1 heterocycles. The van der Waals surface area contributed by atoms with Gasteiger partial charge in [-0.25, -0.2) is 4.79 Å². The molecule has 2 atom stereocenters. The number of ether oxygens (including phenoxy) is 1. The van der Waals surface area contributed by atoms with Crippen LogP contribution < -0.4 is 0 Å². The van der Waals surface area contributed by atoms with Crippen molar-refractivity contribution in [1.29, 1.82) is 0 Å². The quantitative estimate of drug-likeness (QED) is 0.356. The first kappa shape index (κ1) is 24.7. The van der Waals surface area contributed by atoms with Gasteiger partial charge in [0.25, 0.3) is 0 Å². The monoisotopic (exact) mass is 435 g/mol. The van der Waals surface area contributed by atoms with Crippen molar-refractivity contribution in [2.45, 2.75) is 83.1 Å². The summed E-state index contributed by atoms with van der Waals surface area (Å²) < 4.78 is 5.02. The minimum Gasteiger partial charge on any atom is -0.462 e. The third kappa shape index (κ3) is 7.95. The Morgan fingerprint density at radius 3 is 2.60 bits per heavy atom. The molecule has 0 spiro atoms. The topological polar surface area (TPSA) is 66.8 Å². The molecule has 1 aromatic rings. The van der Waals surface area contributed by atoms with E-state index < -0.39 is 5.60 Å². The molecule has 0 saturated carbocycles. The van der Waals surface area contributed by atoms with E-state index >= 15 is 0 Å². The van der Waals surface area contributed by atoms with Crippen molar-refractivity contribution in [3.63, 3.8) is 0 Å². The first-order chi connectivity index (χ1) is 14.4. The molecule has 5 nitrogen and oxygen atoms in total. The minimum atomic E-state index is -0.700. The fourth-order valence-corrected chi connectivity index (χ4v) is 4.99. The summed E-state index contributed by atoms with van der Waals surface area (Å²) in [7, 11) is 0. The molecule has 30 heavy (non-hydrogen) atoms. The van der Waals surface area contributed by atoms with Crippen molar-refractivity contribution in [2.24, 2.45) is 0 Å². The molecule has 1 fully saturated rings. The molecular weight excluding hydrogens is 398 g/mol. The number of thioether (sulfide) groups is 1. The maximum absolute atomic E-state index is 12.3. The number of benzene rings is 1. The highest BCUT2D eigenvalue weighted by molar-refractivity contribution is 8.00. The lowest BCUT2D eigenvalue weighted by Gasteiger charge is -2.29. The Bertz CT molecular complexity index is 674. The number of aryl methyl sites for hydroxylation is 1. The summed E-state index contributed by atoms with van der Waals surface area (Å²) in [6.07, 6.45) is 7.57. The van der Waals surface area contributed by atoms with Crippen LogP contribution in [0.5, 0.6) is 0 Å². The molecule has 1 amide bonds. The van der Waals surface area contributed by atoms with E-state index in [9.17, 15) is 14.7 Å². The highest BCUT2D eigenvalue weighted by Gasteiger charge is 2.32. The summed E-state index contributed by atoms with van der Waals surface area (Å²) in [5.41, 5.74) is 1.06. The van der Waals surface area contributed by atoms with E-state index in [1.165, 1.54) is 5.56 Å². The van der Waals surface area contributed by atoms with Gasteiger partial charge >= 0.3 is 5.97 Å². The van der Waals surface area contributed by atoms with Gasteiger partial charge in [0.15, 0.2) is 0 Å². The van der Waals surface area contributed by atoms with Crippen LogP contribution in [0.2, 0.25) is 0 Å². The van der Waals surface area contributed by atoms with Crippen LogP contribution >= 0.6 is 11.8 Å². The van der Waals surface area contributed by atoms with Crippen molar-refractivity contribution < 1.29 is 19.4 Å². The molecule has 168 valence electrons. The molecule has 1 aliphatic heterocycles. The third-order valence-electron chi connectivity index (χ3n) is 5.66. The molecule has 2 unspecified atom stereocenters. The number of hydrogen-bond donors (Lipinski definition) is 1. The zero-order valence-corrected chi connectivity index (χ0v) is 19.5. The van der Waals surface area contributed by atoms with Crippen molar-refractivity contribution in [3.05, 3.63) is 35.4 Å². The van der Waals surface area contributed by atoms with E-state index in [4.69, 9.17) is 4.74 Å². The highest BCUT2D eigenvalue weighted by Crippen LogP contribution is 2.30. The van der Waals surface area contributed by atoms with Gasteiger partial charge in [0.1, 0.15) is 0 Å². The summed E-state index contributed by atoms with van der Waals surface area (Å²) >= 11 is 1.71. The Morgan fingerprint density at radius 1 is 1.20 bits per heavy atom. The molecule has 0 aliphatic carbocycles. The van der Waals surface area contributed by atoms with E-state index in [1.807, 2.05) is 36.1 Å². The van der Waals surface area contributed by atoms with Crippen LogP contribution in [0, 0.1) is 0 Å². The summed E-state index contributed by atoms with van der Waals surface area (Å²) in [4.78, 5) is 26.0. The second-order valence-electron chi connectivity index (χ2n) is 8.37. The predicted octanol–water partition coefficient (Wildman–Crippen LogP) is 4.81. The van der Waals surface area contributed by atoms with Gasteiger partial charge in [-0.2, -0.15) is 0 Å². The van der Waals surface area contributed by atoms with Crippen molar-refractivity contribution >= 4 is 23.6 Å². The summed E-state index contributed by atoms with van der Waals surface area (Å²) in [5.74, 6) is 0.441. The van der Waals surface area contributed by atoms with Gasteiger partial charge in [0.05, 0.1) is 28.9 Å². The van der Waals surface area contributed by atoms with Gasteiger partial charge in [0.2, 0.25) is 5.91 Å². The Labute approximate surface area is 185 Å². The van der Waals surface area contributed by atoms with Crippen LogP contribution in [0.15, 0.2) is 24.3 Å². The van der Waals surface area contributed by atoms with Gasteiger partial charge in [-0.05, 0) is 63.6 Å². The maximum atomic E-state index is 12.3. The lowest BCUT2D eigenvalue weighted by molar-refractivity contribution is -0.128. The average Bonchev–Trinajstić information content (AvgIpc) is 3.07. The number of esters is 1.